The monoisotopic (exact) mass is 385 g/mol. The number of ether oxygens (including phenoxy) is 1. The van der Waals surface area contributed by atoms with Gasteiger partial charge in [0, 0.05) is 0 Å². The number of hydrogen-bond donors (Lipinski definition) is 2. The predicted molar refractivity (Wildman–Crippen MR) is 87.2 cm³/mol. The number of nitrogens with zero attached hydrogens (tertiary/aromatic N) is 1. The first-order valence-electron chi connectivity index (χ1n) is 6.11. The van der Waals surface area contributed by atoms with Crippen LogP contribution in [-0.4, -0.2) is 9.97 Å². The van der Waals surface area contributed by atoms with E-state index in [1.165, 1.54) is 5.56 Å². The molecule has 0 fully saturated rings. The molecule has 0 saturated carbocycles. The number of rotatable bonds is 2. The summed E-state index contributed by atoms with van der Waals surface area (Å²) in [5.41, 5.74) is 6.50. The van der Waals surface area contributed by atoms with Crippen LogP contribution in [0.1, 0.15) is 26.3 Å². The standard InChI is InChI=1S/C14H16IN3O2/c1-14(2,3)8-4-6-9(7-5-8)20-12-10(15)11(19)17-13(16)18-12/h4-7H,1-3H3,(H3,16,17,18,19). The molecule has 0 spiro atoms. The van der Waals surface area contributed by atoms with Gasteiger partial charge < -0.3 is 10.5 Å². The van der Waals surface area contributed by atoms with Crippen LogP contribution in [0.2, 0.25) is 0 Å². The maximum absolute atomic E-state index is 11.6. The highest BCUT2D eigenvalue weighted by atomic mass is 127. The molecule has 0 unspecified atom stereocenters. The van der Waals surface area contributed by atoms with Gasteiger partial charge in [-0.2, -0.15) is 4.98 Å². The summed E-state index contributed by atoms with van der Waals surface area (Å²) in [6.07, 6.45) is 0. The minimum Gasteiger partial charge on any atom is -0.438 e. The molecule has 20 heavy (non-hydrogen) atoms. The van der Waals surface area contributed by atoms with E-state index >= 15 is 0 Å². The summed E-state index contributed by atoms with van der Waals surface area (Å²) in [6.45, 7) is 6.43. The van der Waals surface area contributed by atoms with E-state index in [-0.39, 0.29) is 22.8 Å². The third kappa shape index (κ3) is 3.30. The molecule has 6 heteroatoms. The van der Waals surface area contributed by atoms with E-state index in [1.807, 2.05) is 46.9 Å². The fourth-order valence-corrected chi connectivity index (χ4v) is 2.02. The molecule has 0 bridgehead atoms. The first-order valence-corrected chi connectivity index (χ1v) is 7.19. The Morgan fingerprint density at radius 1 is 1.25 bits per heavy atom. The Kier molecular flexibility index (Phi) is 4.03. The van der Waals surface area contributed by atoms with E-state index in [2.05, 4.69) is 30.7 Å². The lowest BCUT2D eigenvalue weighted by molar-refractivity contribution is 0.457. The maximum atomic E-state index is 11.6. The number of nitrogen functional groups attached to an aromatic ring is 1. The summed E-state index contributed by atoms with van der Waals surface area (Å²) < 4.78 is 5.99. The lowest BCUT2D eigenvalue weighted by Gasteiger charge is -2.19. The third-order valence-corrected chi connectivity index (χ3v) is 3.74. The van der Waals surface area contributed by atoms with Crippen molar-refractivity contribution in [2.45, 2.75) is 26.2 Å². The van der Waals surface area contributed by atoms with Crippen LogP contribution in [0.5, 0.6) is 11.6 Å². The molecule has 1 heterocycles. The second-order valence-electron chi connectivity index (χ2n) is 5.45. The van der Waals surface area contributed by atoms with Crippen molar-refractivity contribution in [1.29, 1.82) is 0 Å². The first-order chi connectivity index (χ1) is 9.27. The highest BCUT2D eigenvalue weighted by molar-refractivity contribution is 14.1. The molecule has 3 N–H and O–H groups in total. The number of H-pyrrole nitrogens is 1. The number of benzene rings is 1. The van der Waals surface area contributed by atoms with E-state index in [0.29, 0.717) is 9.32 Å². The lowest BCUT2D eigenvalue weighted by Crippen LogP contribution is -2.15. The highest BCUT2D eigenvalue weighted by Gasteiger charge is 2.14. The zero-order valence-corrected chi connectivity index (χ0v) is 13.7. The molecular formula is C14H16IN3O2. The van der Waals surface area contributed by atoms with Crippen LogP contribution >= 0.6 is 22.6 Å². The summed E-state index contributed by atoms with van der Waals surface area (Å²) in [5, 5.41) is 0. The Bertz CT molecular complexity index is 672. The summed E-state index contributed by atoms with van der Waals surface area (Å²) in [5.74, 6) is 0.875. The number of hydrogen-bond acceptors (Lipinski definition) is 4. The Labute approximate surface area is 130 Å². The van der Waals surface area contributed by atoms with Gasteiger partial charge in [-0.25, -0.2) is 0 Å². The fourth-order valence-electron chi connectivity index (χ4n) is 1.66. The normalized spacial score (nSPS) is 11.4. The molecule has 1 aromatic carbocycles. The minimum atomic E-state index is -0.306. The summed E-state index contributed by atoms with van der Waals surface area (Å²) >= 11 is 1.88. The molecule has 0 aliphatic carbocycles. The van der Waals surface area contributed by atoms with Gasteiger partial charge in [-0.15, -0.1) is 0 Å². The van der Waals surface area contributed by atoms with Crippen LogP contribution in [0.4, 0.5) is 5.95 Å². The fraction of sp³-hybridized carbons (Fsp3) is 0.286. The van der Waals surface area contributed by atoms with Gasteiger partial charge in [-0.1, -0.05) is 32.9 Å². The first kappa shape index (κ1) is 14.8. The van der Waals surface area contributed by atoms with Crippen molar-refractivity contribution in [3.05, 3.63) is 43.8 Å². The number of halogens is 1. The SMILES string of the molecule is CC(C)(C)c1ccc(Oc2nc(N)[nH]c(=O)c2I)cc1. The van der Waals surface area contributed by atoms with Crippen molar-refractivity contribution in [2.24, 2.45) is 0 Å². The van der Waals surface area contributed by atoms with Crippen molar-refractivity contribution in [3.63, 3.8) is 0 Å². The minimum absolute atomic E-state index is 0.0386. The van der Waals surface area contributed by atoms with Crippen LogP contribution in [-0.2, 0) is 5.41 Å². The Balaban J connectivity index is 2.29. The van der Waals surface area contributed by atoms with E-state index in [0.717, 1.165) is 0 Å². The number of nitrogens with one attached hydrogen (secondary N) is 1. The third-order valence-electron chi connectivity index (χ3n) is 2.79. The van der Waals surface area contributed by atoms with E-state index < -0.39 is 0 Å². The summed E-state index contributed by atoms with van der Waals surface area (Å²) in [6, 6.07) is 7.71. The topological polar surface area (TPSA) is 81.0 Å². The van der Waals surface area contributed by atoms with Crippen molar-refractivity contribution >= 4 is 28.5 Å². The average molecular weight is 385 g/mol. The van der Waals surface area contributed by atoms with E-state index in [4.69, 9.17) is 10.5 Å². The molecule has 1 aromatic heterocycles. The van der Waals surface area contributed by atoms with Crippen molar-refractivity contribution in [2.75, 3.05) is 5.73 Å². The second-order valence-corrected chi connectivity index (χ2v) is 6.53. The molecule has 106 valence electrons. The zero-order valence-electron chi connectivity index (χ0n) is 11.5. The summed E-state index contributed by atoms with van der Waals surface area (Å²) in [7, 11) is 0. The van der Waals surface area contributed by atoms with E-state index in [9.17, 15) is 4.79 Å². The Hall–Kier alpha value is -1.57. The maximum Gasteiger partial charge on any atom is 0.269 e. The second kappa shape index (κ2) is 5.43. The zero-order chi connectivity index (χ0) is 14.9. The number of aromatic amines is 1. The van der Waals surface area contributed by atoms with Crippen molar-refractivity contribution < 1.29 is 4.74 Å². The van der Waals surface area contributed by atoms with Crippen molar-refractivity contribution in [1.82, 2.24) is 9.97 Å². The summed E-state index contributed by atoms with van der Waals surface area (Å²) in [4.78, 5) is 18.0. The largest absolute Gasteiger partial charge is 0.438 e. The van der Waals surface area contributed by atoms with Gasteiger partial charge in [0.15, 0.2) is 0 Å². The molecule has 0 amide bonds. The molecule has 5 nitrogen and oxygen atoms in total. The van der Waals surface area contributed by atoms with Crippen LogP contribution in [0.25, 0.3) is 0 Å². The van der Waals surface area contributed by atoms with Gasteiger partial charge in [0.25, 0.3) is 5.56 Å². The average Bonchev–Trinajstić information content (AvgIpc) is 2.35. The van der Waals surface area contributed by atoms with Crippen LogP contribution in [0, 0.1) is 3.57 Å². The number of aromatic nitrogens is 2. The number of anilines is 1. The Morgan fingerprint density at radius 3 is 2.40 bits per heavy atom. The van der Waals surface area contributed by atoms with Gasteiger partial charge in [0.2, 0.25) is 11.8 Å². The highest BCUT2D eigenvalue weighted by Crippen LogP contribution is 2.27. The Morgan fingerprint density at radius 2 is 1.85 bits per heavy atom. The quantitative estimate of drug-likeness (QED) is 0.779. The molecule has 2 aromatic rings. The molecule has 0 aliphatic rings. The van der Waals surface area contributed by atoms with Gasteiger partial charge in [0.05, 0.1) is 0 Å². The molecular weight excluding hydrogens is 369 g/mol. The lowest BCUT2D eigenvalue weighted by atomic mass is 9.87. The van der Waals surface area contributed by atoms with E-state index in [1.54, 1.807) is 0 Å². The van der Waals surface area contributed by atoms with Crippen molar-refractivity contribution in [3.8, 4) is 11.6 Å². The van der Waals surface area contributed by atoms with Gasteiger partial charge in [-0.3, -0.25) is 9.78 Å². The van der Waals surface area contributed by atoms with Crippen LogP contribution < -0.4 is 16.0 Å². The number of nitrogens with two attached hydrogens (primary N) is 1. The van der Waals surface area contributed by atoms with Crippen LogP contribution in [0.3, 0.4) is 0 Å². The molecule has 0 aliphatic heterocycles. The molecule has 2 rings (SSSR count). The predicted octanol–water partition coefficient (Wildman–Crippen LogP) is 3.05. The van der Waals surface area contributed by atoms with Gasteiger partial charge in [-0.05, 0) is 45.7 Å². The molecule has 0 saturated heterocycles. The molecule has 0 radical (unpaired) electrons. The van der Waals surface area contributed by atoms with Crippen LogP contribution in [0.15, 0.2) is 29.1 Å². The smallest absolute Gasteiger partial charge is 0.269 e. The molecule has 0 atom stereocenters. The van der Waals surface area contributed by atoms with Gasteiger partial charge in [0.1, 0.15) is 9.32 Å². The van der Waals surface area contributed by atoms with Gasteiger partial charge >= 0.3 is 0 Å².